The SMILES string of the molecule is CCCOc1ccc([C@H]2/C(=C(\O)c3ccc4c(c3)C[C@@H](C)O4)C(=O)C(=O)N2CCCN(C)C)cc1OCC. The van der Waals surface area contributed by atoms with Gasteiger partial charge in [0.05, 0.1) is 24.8 Å². The number of aliphatic hydroxyl groups is 1. The zero-order chi connectivity index (χ0) is 27.4. The normalized spacial score (nSPS) is 20.1. The number of hydrogen-bond acceptors (Lipinski definition) is 7. The van der Waals surface area contributed by atoms with Gasteiger partial charge in [-0.15, -0.1) is 0 Å². The maximum atomic E-state index is 13.4. The minimum atomic E-state index is -0.750. The topological polar surface area (TPSA) is 88.5 Å². The van der Waals surface area contributed by atoms with E-state index in [1.807, 2.05) is 70.1 Å². The summed E-state index contributed by atoms with van der Waals surface area (Å²) in [5.41, 5.74) is 2.22. The van der Waals surface area contributed by atoms with Gasteiger partial charge in [0.25, 0.3) is 11.7 Å². The first-order chi connectivity index (χ1) is 18.2. The molecule has 0 bridgehead atoms. The lowest BCUT2D eigenvalue weighted by molar-refractivity contribution is -0.139. The standard InChI is InChI=1S/C30H38N2O6/c1-6-15-37-24-12-9-20(18-25(24)36-7-2)27-26(29(34)30(35)32(27)14-8-13-31(4)5)28(33)21-10-11-23-22(17-21)16-19(3)38-23/h9-12,17-19,27,33H,6-8,13-16H2,1-5H3/b28-26+/t19-,27+/m1/s1. The molecule has 2 heterocycles. The molecule has 0 radical (unpaired) electrons. The van der Waals surface area contributed by atoms with Crippen LogP contribution in [0.5, 0.6) is 17.2 Å². The summed E-state index contributed by atoms with van der Waals surface area (Å²) in [5.74, 6) is 0.439. The Labute approximate surface area is 224 Å². The summed E-state index contributed by atoms with van der Waals surface area (Å²) < 4.78 is 17.5. The Morgan fingerprint density at radius 3 is 2.61 bits per heavy atom. The van der Waals surface area contributed by atoms with Gasteiger partial charge in [0.2, 0.25) is 0 Å². The quantitative estimate of drug-likeness (QED) is 0.263. The van der Waals surface area contributed by atoms with Crippen molar-refractivity contribution in [3.05, 3.63) is 58.7 Å². The molecule has 2 aliphatic rings. The first-order valence-electron chi connectivity index (χ1n) is 13.4. The summed E-state index contributed by atoms with van der Waals surface area (Å²) in [5, 5.41) is 11.5. The Hall–Kier alpha value is -3.52. The van der Waals surface area contributed by atoms with E-state index in [2.05, 4.69) is 0 Å². The molecule has 2 aromatic carbocycles. The molecule has 0 aromatic heterocycles. The summed E-state index contributed by atoms with van der Waals surface area (Å²) in [6.45, 7) is 8.02. The number of ketones is 1. The van der Waals surface area contributed by atoms with Crippen LogP contribution in [0.3, 0.4) is 0 Å². The van der Waals surface area contributed by atoms with Crippen molar-refractivity contribution in [1.82, 2.24) is 9.80 Å². The van der Waals surface area contributed by atoms with Crippen molar-refractivity contribution >= 4 is 17.4 Å². The van der Waals surface area contributed by atoms with Crippen LogP contribution in [0.15, 0.2) is 42.0 Å². The van der Waals surface area contributed by atoms with Crippen molar-refractivity contribution in [1.29, 1.82) is 0 Å². The molecule has 1 N–H and O–H groups in total. The largest absolute Gasteiger partial charge is 0.507 e. The maximum absolute atomic E-state index is 13.4. The number of hydrogen-bond donors (Lipinski definition) is 1. The number of amides is 1. The second kappa shape index (κ2) is 11.9. The minimum absolute atomic E-state index is 0.0510. The first kappa shape index (κ1) is 27.5. The van der Waals surface area contributed by atoms with E-state index < -0.39 is 17.7 Å². The van der Waals surface area contributed by atoms with E-state index >= 15 is 0 Å². The lowest BCUT2D eigenvalue weighted by Gasteiger charge is -2.26. The third-order valence-corrected chi connectivity index (χ3v) is 6.76. The monoisotopic (exact) mass is 522 g/mol. The molecule has 1 fully saturated rings. The molecule has 1 saturated heterocycles. The summed E-state index contributed by atoms with van der Waals surface area (Å²) in [6.07, 6.45) is 2.30. The number of rotatable bonds is 11. The lowest BCUT2D eigenvalue weighted by Crippen LogP contribution is -2.32. The highest BCUT2D eigenvalue weighted by atomic mass is 16.5. The van der Waals surface area contributed by atoms with Gasteiger partial charge in [0.1, 0.15) is 17.6 Å². The third-order valence-electron chi connectivity index (χ3n) is 6.76. The van der Waals surface area contributed by atoms with E-state index in [0.29, 0.717) is 48.8 Å². The molecular weight excluding hydrogens is 484 g/mol. The van der Waals surface area contributed by atoms with Crippen LogP contribution in [0.25, 0.3) is 5.76 Å². The van der Waals surface area contributed by atoms with Gasteiger partial charge < -0.3 is 29.1 Å². The van der Waals surface area contributed by atoms with Crippen LogP contribution < -0.4 is 14.2 Å². The van der Waals surface area contributed by atoms with Crippen LogP contribution in [0.2, 0.25) is 0 Å². The van der Waals surface area contributed by atoms with Crippen LogP contribution in [0, 0.1) is 0 Å². The van der Waals surface area contributed by atoms with Crippen molar-refractivity contribution in [2.75, 3.05) is 40.4 Å². The van der Waals surface area contributed by atoms with Crippen LogP contribution in [0.4, 0.5) is 0 Å². The summed E-state index contributed by atoms with van der Waals surface area (Å²) in [6, 6.07) is 10.1. The molecule has 0 saturated carbocycles. The molecule has 8 nitrogen and oxygen atoms in total. The minimum Gasteiger partial charge on any atom is -0.507 e. The molecule has 8 heteroatoms. The number of nitrogens with zero attached hydrogens (tertiary/aromatic N) is 2. The number of carbonyl (C=O) groups is 2. The predicted octanol–water partition coefficient (Wildman–Crippen LogP) is 4.57. The lowest BCUT2D eigenvalue weighted by atomic mass is 9.94. The van der Waals surface area contributed by atoms with Crippen LogP contribution in [0.1, 0.15) is 56.3 Å². The van der Waals surface area contributed by atoms with Crippen molar-refractivity contribution in [3.63, 3.8) is 0 Å². The molecule has 2 aliphatic heterocycles. The van der Waals surface area contributed by atoms with Gasteiger partial charge in [-0.1, -0.05) is 13.0 Å². The first-order valence-corrected chi connectivity index (χ1v) is 13.4. The Balaban J connectivity index is 1.80. The van der Waals surface area contributed by atoms with Crippen LogP contribution in [-0.4, -0.2) is 73.1 Å². The van der Waals surface area contributed by atoms with Gasteiger partial charge in [-0.25, -0.2) is 0 Å². The second-order valence-corrected chi connectivity index (χ2v) is 10.1. The number of likely N-dealkylation sites (tertiary alicyclic amines) is 1. The Morgan fingerprint density at radius 2 is 1.89 bits per heavy atom. The van der Waals surface area contributed by atoms with E-state index in [9.17, 15) is 14.7 Å². The van der Waals surface area contributed by atoms with E-state index in [1.54, 1.807) is 11.0 Å². The highest BCUT2D eigenvalue weighted by Gasteiger charge is 2.46. The molecule has 0 unspecified atom stereocenters. The van der Waals surface area contributed by atoms with Gasteiger partial charge in [-0.05, 0) is 88.8 Å². The van der Waals surface area contributed by atoms with Crippen molar-refractivity contribution in [2.24, 2.45) is 0 Å². The fourth-order valence-electron chi connectivity index (χ4n) is 5.03. The van der Waals surface area contributed by atoms with Crippen molar-refractivity contribution < 1.29 is 28.9 Å². The fourth-order valence-corrected chi connectivity index (χ4v) is 5.03. The van der Waals surface area contributed by atoms with Crippen LogP contribution >= 0.6 is 0 Å². The number of fused-ring (bicyclic) bond motifs is 1. The molecule has 0 aliphatic carbocycles. The highest BCUT2D eigenvalue weighted by Crippen LogP contribution is 2.43. The van der Waals surface area contributed by atoms with E-state index in [4.69, 9.17) is 14.2 Å². The van der Waals surface area contributed by atoms with E-state index in [1.165, 1.54) is 0 Å². The summed E-state index contributed by atoms with van der Waals surface area (Å²) in [7, 11) is 3.93. The Bertz CT molecular complexity index is 1220. The third kappa shape index (κ3) is 5.65. The second-order valence-electron chi connectivity index (χ2n) is 10.1. The van der Waals surface area contributed by atoms with Crippen molar-refractivity contribution in [2.45, 2.75) is 52.2 Å². The predicted molar refractivity (Wildman–Crippen MR) is 146 cm³/mol. The number of aliphatic hydroxyl groups excluding tert-OH is 1. The van der Waals surface area contributed by atoms with Gasteiger partial charge in [-0.2, -0.15) is 0 Å². The number of ether oxygens (including phenoxy) is 3. The molecule has 2 atom stereocenters. The number of Topliss-reactive ketones (excluding diaryl/α,β-unsaturated/α-hetero) is 1. The fraction of sp³-hybridized carbons (Fsp3) is 0.467. The van der Waals surface area contributed by atoms with Crippen LogP contribution in [-0.2, 0) is 16.0 Å². The molecule has 1 amide bonds. The zero-order valence-electron chi connectivity index (χ0n) is 23.0. The maximum Gasteiger partial charge on any atom is 0.295 e. The zero-order valence-corrected chi connectivity index (χ0v) is 23.0. The van der Waals surface area contributed by atoms with E-state index in [0.717, 1.165) is 30.7 Å². The van der Waals surface area contributed by atoms with Gasteiger partial charge in [0.15, 0.2) is 11.5 Å². The molecule has 4 rings (SSSR count). The number of benzene rings is 2. The summed E-state index contributed by atoms with van der Waals surface area (Å²) >= 11 is 0. The van der Waals surface area contributed by atoms with Gasteiger partial charge in [0, 0.05) is 18.5 Å². The molecular formula is C30H38N2O6. The van der Waals surface area contributed by atoms with Gasteiger partial charge >= 0.3 is 0 Å². The van der Waals surface area contributed by atoms with E-state index in [-0.39, 0.29) is 17.4 Å². The Kier molecular flexibility index (Phi) is 8.62. The molecule has 0 spiro atoms. The summed E-state index contributed by atoms with van der Waals surface area (Å²) in [4.78, 5) is 30.3. The smallest absolute Gasteiger partial charge is 0.295 e. The molecule has 2 aromatic rings. The van der Waals surface area contributed by atoms with Crippen molar-refractivity contribution in [3.8, 4) is 17.2 Å². The molecule has 38 heavy (non-hydrogen) atoms. The van der Waals surface area contributed by atoms with Gasteiger partial charge in [-0.3, -0.25) is 9.59 Å². The Morgan fingerprint density at radius 1 is 1.11 bits per heavy atom. The molecule has 204 valence electrons. The number of carbonyl (C=O) groups excluding carboxylic acids is 2. The average molecular weight is 523 g/mol. The average Bonchev–Trinajstić information content (AvgIpc) is 3.38. The highest BCUT2D eigenvalue weighted by molar-refractivity contribution is 6.46.